The van der Waals surface area contributed by atoms with Gasteiger partial charge in [0, 0.05) is 17.4 Å². The van der Waals surface area contributed by atoms with Gasteiger partial charge in [-0.05, 0) is 35.2 Å². The molecular weight excluding hydrogens is 422 g/mol. The summed E-state index contributed by atoms with van der Waals surface area (Å²) in [5.74, 6) is -4.16. The van der Waals surface area contributed by atoms with Crippen LogP contribution >= 0.6 is 22.9 Å². The molecule has 0 saturated heterocycles. The van der Waals surface area contributed by atoms with E-state index in [1.54, 1.807) is 30.3 Å². The summed E-state index contributed by atoms with van der Waals surface area (Å²) in [4.78, 5) is 24.5. The fourth-order valence-corrected chi connectivity index (χ4v) is 4.27. The van der Waals surface area contributed by atoms with E-state index in [9.17, 15) is 23.5 Å². The molecule has 4 nitrogen and oxygen atoms in total. The zero-order chi connectivity index (χ0) is 20.7. The van der Waals surface area contributed by atoms with Crippen molar-refractivity contribution in [3.05, 3.63) is 81.4 Å². The number of halogens is 3. The quantitative estimate of drug-likeness (QED) is 0.300. The van der Waals surface area contributed by atoms with Crippen LogP contribution in [-0.4, -0.2) is 16.9 Å². The number of thiophene rings is 1. The molecule has 0 spiro atoms. The zero-order valence-corrected chi connectivity index (χ0v) is 16.1. The minimum Gasteiger partial charge on any atom is -0.478 e. The number of Topliss-reactive ketones (excluding diaryl/α,β-unsaturated/α-hetero) is 1. The molecule has 0 fully saturated rings. The Kier molecular flexibility index (Phi) is 4.94. The first-order valence-electron chi connectivity index (χ1n) is 8.36. The maximum absolute atomic E-state index is 14.3. The van der Waals surface area contributed by atoms with Gasteiger partial charge in [-0.1, -0.05) is 29.8 Å². The van der Waals surface area contributed by atoms with Crippen molar-refractivity contribution in [1.29, 1.82) is 0 Å². The number of hydrogen-bond acceptors (Lipinski definition) is 4. The Balaban J connectivity index is 1.73. The van der Waals surface area contributed by atoms with Gasteiger partial charge in [-0.15, -0.1) is 11.3 Å². The Hall–Kier alpha value is -3.03. The first-order valence-corrected chi connectivity index (χ1v) is 9.62. The first-order chi connectivity index (χ1) is 13.9. The molecule has 4 aromatic rings. The van der Waals surface area contributed by atoms with E-state index in [2.05, 4.69) is 0 Å². The molecule has 146 valence electrons. The van der Waals surface area contributed by atoms with Gasteiger partial charge in [0.2, 0.25) is 5.78 Å². The van der Waals surface area contributed by atoms with Crippen LogP contribution in [0.3, 0.4) is 0 Å². The minimum atomic E-state index is -1.34. The highest BCUT2D eigenvalue weighted by Crippen LogP contribution is 2.37. The highest BCUT2D eigenvalue weighted by molar-refractivity contribution is 7.14. The van der Waals surface area contributed by atoms with Crippen LogP contribution < -0.4 is 0 Å². The van der Waals surface area contributed by atoms with Crippen LogP contribution in [0.4, 0.5) is 8.78 Å². The van der Waals surface area contributed by atoms with Gasteiger partial charge in [0.25, 0.3) is 0 Å². The van der Waals surface area contributed by atoms with E-state index in [1.165, 1.54) is 11.4 Å². The van der Waals surface area contributed by atoms with Crippen molar-refractivity contribution in [2.24, 2.45) is 0 Å². The Morgan fingerprint density at radius 2 is 1.86 bits per heavy atom. The van der Waals surface area contributed by atoms with E-state index >= 15 is 0 Å². The molecule has 0 aliphatic carbocycles. The van der Waals surface area contributed by atoms with Crippen LogP contribution in [0, 0.1) is 11.6 Å². The number of para-hydroxylation sites is 1. The lowest BCUT2D eigenvalue weighted by atomic mass is 10.0. The number of carbonyl (C=O) groups excluding carboxylic acids is 1. The molecule has 0 bridgehead atoms. The summed E-state index contributed by atoms with van der Waals surface area (Å²) in [7, 11) is 0. The number of carboxylic acids is 1. The topological polar surface area (TPSA) is 67.5 Å². The molecule has 8 heteroatoms. The van der Waals surface area contributed by atoms with Crippen molar-refractivity contribution in [2.45, 2.75) is 6.42 Å². The van der Waals surface area contributed by atoms with E-state index < -0.39 is 28.4 Å². The summed E-state index contributed by atoms with van der Waals surface area (Å²) in [5, 5.41) is 11.4. The average molecular weight is 433 g/mol. The first kappa shape index (κ1) is 19.3. The van der Waals surface area contributed by atoms with Crippen molar-refractivity contribution in [3.8, 4) is 10.4 Å². The van der Waals surface area contributed by atoms with Crippen LogP contribution in [0.2, 0.25) is 5.02 Å². The van der Waals surface area contributed by atoms with Crippen molar-refractivity contribution in [2.75, 3.05) is 0 Å². The molecular formula is C21H11ClF2O4S. The second-order valence-electron chi connectivity index (χ2n) is 6.24. The van der Waals surface area contributed by atoms with Gasteiger partial charge in [0.05, 0.1) is 15.5 Å². The van der Waals surface area contributed by atoms with Crippen LogP contribution in [0.1, 0.15) is 26.5 Å². The number of hydrogen-bond donors (Lipinski definition) is 1. The molecule has 2 aromatic carbocycles. The second kappa shape index (κ2) is 7.42. The highest BCUT2D eigenvalue weighted by Gasteiger charge is 2.25. The summed E-state index contributed by atoms with van der Waals surface area (Å²) in [5.41, 5.74) is 0.258. The summed E-state index contributed by atoms with van der Waals surface area (Å²) >= 11 is 6.48. The van der Waals surface area contributed by atoms with E-state index in [1.807, 2.05) is 0 Å². The summed E-state index contributed by atoms with van der Waals surface area (Å²) in [6.45, 7) is 0. The van der Waals surface area contributed by atoms with Crippen LogP contribution in [0.15, 0.2) is 52.3 Å². The monoisotopic (exact) mass is 432 g/mol. The molecule has 2 aromatic heterocycles. The molecule has 4 rings (SSSR count). The van der Waals surface area contributed by atoms with Gasteiger partial charge in [0.15, 0.2) is 17.4 Å². The van der Waals surface area contributed by atoms with Crippen molar-refractivity contribution >= 4 is 45.7 Å². The zero-order valence-electron chi connectivity index (χ0n) is 14.5. The van der Waals surface area contributed by atoms with E-state index in [4.69, 9.17) is 16.0 Å². The van der Waals surface area contributed by atoms with Gasteiger partial charge in [-0.2, -0.15) is 0 Å². The van der Waals surface area contributed by atoms with Crippen molar-refractivity contribution < 1.29 is 27.9 Å². The summed E-state index contributed by atoms with van der Waals surface area (Å²) < 4.78 is 33.7. The normalized spacial score (nSPS) is 11.1. The largest absolute Gasteiger partial charge is 0.478 e. The number of furan rings is 1. The predicted molar refractivity (Wildman–Crippen MR) is 106 cm³/mol. The van der Waals surface area contributed by atoms with E-state index in [0.29, 0.717) is 5.58 Å². The Morgan fingerprint density at radius 1 is 1.10 bits per heavy atom. The maximum Gasteiger partial charge on any atom is 0.337 e. The minimum absolute atomic E-state index is 0.0120. The highest BCUT2D eigenvalue weighted by atomic mass is 35.5. The molecule has 0 amide bonds. The fourth-order valence-electron chi connectivity index (χ4n) is 3.04. The van der Waals surface area contributed by atoms with Gasteiger partial charge < -0.3 is 9.52 Å². The number of rotatable bonds is 5. The molecule has 0 atom stereocenters. The number of ketones is 1. The number of fused-ring (bicyclic) bond motifs is 1. The van der Waals surface area contributed by atoms with Crippen molar-refractivity contribution in [3.63, 3.8) is 0 Å². The lowest BCUT2D eigenvalue weighted by molar-refractivity contribution is 0.0697. The van der Waals surface area contributed by atoms with E-state index in [0.717, 1.165) is 22.8 Å². The maximum atomic E-state index is 14.3. The number of carbonyl (C=O) groups is 2. The smallest absolute Gasteiger partial charge is 0.337 e. The third kappa shape index (κ3) is 3.43. The third-order valence-corrected chi connectivity index (χ3v) is 5.77. The standard InChI is InChI=1S/C21H11ClF2O4S/c22-13-6-5-12(18(23)19(13)24)20-17(21(26)27)11(9-29-20)7-14(25)16-8-10-3-1-2-4-15(10)28-16/h1-6,8-9H,7H2,(H,26,27). The molecule has 0 aliphatic heterocycles. The van der Waals surface area contributed by atoms with Gasteiger partial charge in [-0.25, -0.2) is 13.6 Å². The SMILES string of the molecule is O=C(Cc1csc(-c2ccc(Cl)c(F)c2F)c1C(=O)O)c1cc2ccccc2o1. The van der Waals surface area contributed by atoms with Gasteiger partial charge in [-0.3, -0.25) is 4.79 Å². The van der Waals surface area contributed by atoms with Crippen molar-refractivity contribution in [1.82, 2.24) is 0 Å². The Labute approximate surface area is 172 Å². The van der Waals surface area contributed by atoms with Crippen LogP contribution in [-0.2, 0) is 6.42 Å². The average Bonchev–Trinajstić information content (AvgIpc) is 3.30. The molecule has 0 saturated carbocycles. The second-order valence-corrected chi connectivity index (χ2v) is 7.53. The molecule has 1 N–H and O–H groups in total. The Morgan fingerprint density at radius 3 is 2.59 bits per heavy atom. The molecule has 0 radical (unpaired) electrons. The van der Waals surface area contributed by atoms with E-state index in [-0.39, 0.29) is 33.7 Å². The molecule has 0 aliphatic rings. The fraction of sp³-hybridized carbons (Fsp3) is 0.0476. The molecule has 0 unspecified atom stereocenters. The summed E-state index contributed by atoms with van der Waals surface area (Å²) in [6, 6.07) is 11.0. The Bertz CT molecular complexity index is 1240. The lowest BCUT2D eigenvalue weighted by Gasteiger charge is -2.06. The summed E-state index contributed by atoms with van der Waals surface area (Å²) in [6.07, 6.45) is -0.254. The third-order valence-electron chi connectivity index (χ3n) is 4.41. The lowest BCUT2D eigenvalue weighted by Crippen LogP contribution is -2.07. The number of aromatic carboxylic acids is 1. The van der Waals surface area contributed by atoms with Gasteiger partial charge >= 0.3 is 5.97 Å². The predicted octanol–water partition coefficient (Wildman–Crippen LogP) is 6.22. The van der Waals surface area contributed by atoms with Crippen LogP contribution in [0.25, 0.3) is 21.4 Å². The molecule has 29 heavy (non-hydrogen) atoms. The number of carboxylic acid groups (broad SMARTS) is 1. The molecule has 2 heterocycles. The number of benzene rings is 2. The van der Waals surface area contributed by atoms with Crippen LogP contribution in [0.5, 0.6) is 0 Å². The van der Waals surface area contributed by atoms with Gasteiger partial charge in [0.1, 0.15) is 5.58 Å².